The summed E-state index contributed by atoms with van der Waals surface area (Å²) in [5.74, 6) is -1.75. The first-order valence-electron chi connectivity index (χ1n) is 7.97. The largest absolute Gasteiger partial charge is 0.460 e. The monoisotopic (exact) mass is 421 g/mol. The van der Waals surface area contributed by atoms with E-state index in [0.29, 0.717) is 5.69 Å². The summed E-state index contributed by atoms with van der Waals surface area (Å²) in [5, 5.41) is 0.953. The molecule has 2 N–H and O–H groups in total. The Morgan fingerprint density at radius 1 is 1.08 bits per heavy atom. The lowest BCUT2D eigenvalue weighted by molar-refractivity contribution is -0.156. The van der Waals surface area contributed by atoms with Crippen LogP contribution in [-0.4, -0.2) is 28.4 Å². The molecule has 0 radical (unpaired) electrons. The molecule has 0 aliphatic carbocycles. The Morgan fingerprint density at radius 3 is 2.46 bits per heavy atom. The van der Waals surface area contributed by atoms with E-state index in [2.05, 4.69) is 31.8 Å². The quantitative estimate of drug-likeness (QED) is 0.448. The van der Waals surface area contributed by atoms with Gasteiger partial charge < -0.3 is 4.74 Å². The van der Waals surface area contributed by atoms with Crippen LogP contribution < -0.4 is 10.9 Å². The van der Waals surface area contributed by atoms with Crippen molar-refractivity contribution in [2.45, 2.75) is 39.2 Å². The second-order valence-corrected chi connectivity index (χ2v) is 7.59. The molecule has 0 unspecified atom stereocenters. The standard InChI is InChI=1S/C18H20BrN3O4/c1-18(2,3)26-17(25)10-16(24)22-21-15(23)9-13-6-4-11-8-12(19)5-7-14(11)20-13/h4-8H,9-10H2,1-3H3,(H,21,23)(H,22,24). The Hall–Kier alpha value is -2.48. The van der Waals surface area contributed by atoms with Gasteiger partial charge >= 0.3 is 5.97 Å². The van der Waals surface area contributed by atoms with Crippen LogP contribution in [0.3, 0.4) is 0 Å². The highest BCUT2D eigenvalue weighted by Gasteiger charge is 2.19. The minimum atomic E-state index is -0.669. The molecular formula is C18H20BrN3O4. The van der Waals surface area contributed by atoms with Gasteiger partial charge in [-0.3, -0.25) is 30.2 Å². The number of ether oxygens (including phenoxy) is 1. The molecule has 0 aliphatic rings. The van der Waals surface area contributed by atoms with Gasteiger partial charge in [0, 0.05) is 9.86 Å². The van der Waals surface area contributed by atoms with E-state index in [9.17, 15) is 14.4 Å². The zero-order chi connectivity index (χ0) is 19.3. The van der Waals surface area contributed by atoms with Crippen molar-refractivity contribution in [3.8, 4) is 0 Å². The summed E-state index contributed by atoms with van der Waals surface area (Å²) in [7, 11) is 0. The fourth-order valence-corrected chi connectivity index (χ4v) is 2.52. The van der Waals surface area contributed by atoms with Gasteiger partial charge in [-0.05, 0) is 45.0 Å². The van der Waals surface area contributed by atoms with Crippen LogP contribution in [0, 0.1) is 0 Å². The number of nitrogens with one attached hydrogen (secondary N) is 2. The zero-order valence-electron chi connectivity index (χ0n) is 14.8. The van der Waals surface area contributed by atoms with E-state index in [0.717, 1.165) is 15.4 Å². The van der Waals surface area contributed by atoms with Crippen molar-refractivity contribution in [1.82, 2.24) is 15.8 Å². The van der Waals surface area contributed by atoms with Crippen molar-refractivity contribution in [2.75, 3.05) is 0 Å². The predicted molar refractivity (Wildman–Crippen MR) is 99.9 cm³/mol. The summed E-state index contributed by atoms with van der Waals surface area (Å²) in [5.41, 5.74) is 5.12. The van der Waals surface area contributed by atoms with Crippen molar-refractivity contribution in [3.63, 3.8) is 0 Å². The van der Waals surface area contributed by atoms with Crippen LogP contribution in [0.5, 0.6) is 0 Å². The fourth-order valence-electron chi connectivity index (χ4n) is 2.14. The maximum Gasteiger partial charge on any atom is 0.315 e. The van der Waals surface area contributed by atoms with Crippen LogP contribution in [0.1, 0.15) is 32.9 Å². The molecule has 0 atom stereocenters. The molecule has 2 aromatic rings. The summed E-state index contributed by atoms with van der Waals surface area (Å²) < 4.78 is 5.98. The maximum atomic E-state index is 11.9. The molecule has 0 saturated carbocycles. The average Bonchev–Trinajstić information content (AvgIpc) is 2.51. The number of benzene rings is 1. The van der Waals surface area contributed by atoms with Crippen LogP contribution >= 0.6 is 15.9 Å². The van der Waals surface area contributed by atoms with Gasteiger partial charge in [0.15, 0.2) is 0 Å². The van der Waals surface area contributed by atoms with Gasteiger partial charge in [0.1, 0.15) is 12.0 Å². The van der Waals surface area contributed by atoms with Crippen LogP contribution in [0.2, 0.25) is 0 Å². The lowest BCUT2D eigenvalue weighted by Gasteiger charge is -2.19. The first-order valence-corrected chi connectivity index (χ1v) is 8.76. The highest BCUT2D eigenvalue weighted by Crippen LogP contribution is 2.18. The molecular weight excluding hydrogens is 402 g/mol. The van der Waals surface area contributed by atoms with Crippen LogP contribution in [0.15, 0.2) is 34.8 Å². The minimum absolute atomic E-state index is 0.00127. The number of halogens is 1. The van der Waals surface area contributed by atoms with Gasteiger partial charge in [-0.2, -0.15) is 0 Å². The topological polar surface area (TPSA) is 97.4 Å². The molecule has 1 aromatic carbocycles. The third-order valence-corrected chi connectivity index (χ3v) is 3.61. The van der Waals surface area contributed by atoms with Gasteiger partial charge in [0.05, 0.1) is 17.6 Å². The third kappa shape index (κ3) is 6.44. The van der Waals surface area contributed by atoms with Gasteiger partial charge in [0.25, 0.3) is 0 Å². The van der Waals surface area contributed by atoms with Gasteiger partial charge in [-0.25, -0.2) is 0 Å². The molecule has 7 nitrogen and oxygen atoms in total. The molecule has 0 aliphatic heterocycles. The molecule has 26 heavy (non-hydrogen) atoms. The fraction of sp³-hybridized carbons (Fsp3) is 0.333. The van der Waals surface area contributed by atoms with Crippen molar-refractivity contribution in [3.05, 3.63) is 40.5 Å². The van der Waals surface area contributed by atoms with E-state index >= 15 is 0 Å². The molecule has 1 aromatic heterocycles. The first-order chi connectivity index (χ1) is 12.1. The first kappa shape index (κ1) is 19.8. The van der Waals surface area contributed by atoms with Crippen molar-refractivity contribution in [1.29, 1.82) is 0 Å². The number of hydrazine groups is 1. The molecule has 0 saturated heterocycles. The maximum absolute atomic E-state index is 11.9. The number of hydrogen-bond donors (Lipinski definition) is 2. The number of hydrogen-bond acceptors (Lipinski definition) is 5. The normalized spacial score (nSPS) is 11.1. The molecule has 0 fully saturated rings. The predicted octanol–water partition coefficient (Wildman–Crippen LogP) is 2.42. The number of pyridine rings is 1. The number of carbonyl (C=O) groups is 3. The minimum Gasteiger partial charge on any atom is -0.460 e. The molecule has 2 rings (SSSR count). The number of carbonyl (C=O) groups excluding carboxylic acids is 3. The van der Waals surface area contributed by atoms with Gasteiger partial charge in [0.2, 0.25) is 11.8 Å². The second kappa shape index (κ2) is 8.27. The van der Waals surface area contributed by atoms with Crippen molar-refractivity contribution >= 4 is 44.6 Å². The lowest BCUT2D eigenvalue weighted by atomic mass is 10.2. The number of nitrogens with zero attached hydrogens (tertiary/aromatic N) is 1. The summed E-state index contributed by atoms with van der Waals surface area (Å²) in [6.07, 6.45) is -0.473. The van der Waals surface area contributed by atoms with Crippen molar-refractivity contribution in [2.24, 2.45) is 0 Å². The van der Waals surface area contributed by atoms with Crippen LogP contribution in [0.25, 0.3) is 10.9 Å². The Labute approximate surface area is 159 Å². The third-order valence-electron chi connectivity index (χ3n) is 3.12. The molecule has 2 amide bonds. The highest BCUT2D eigenvalue weighted by molar-refractivity contribution is 9.10. The molecule has 138 valence electrons. The highest BCUT2D eigenvalue weighted by atomic mass is 79.9. The molecule has 0 spiro atoms. The summed E-state index contributed by atoms with van der Waals surface area (Å²) >= 11 is 3.39. The van der Waals surface area contributed by atoms with Crippen LogP contribution in [-0.2, 0) is 25.5 Å². The summed E-state index contributed by atoms with van der Waals surface area (Å²) in [6.45, 7) is 5.12. The SMILES string of the molecule is CC(C)(C)OC(=O)CC(=O)NNC(=O)Cc1ccc2cc(Br)ccc2n1. The summed E-state index contributed by atoms with van der Waals surface area (Å²) in [6, 6.07) is 9.27. The number of aromatic nitrogens is 1. The van der Waals surface area contributed by atoms with Crippen LogP contribution in [0.4, 0.5) is 0 Å². The van der Waals surface area contributed by atoms with E-state index in [1.807, 2.05) is 24.3 Å². The molecule has 0 bridgehead atoms. The van der Waals surface area contributed by atoms with Crippen molar-refractivity contribution < 1.29 is 19.1 Å². The van der Waals surface area contributed by atoms with Gasteiger partial charge in [-0.1, -0.05) is 22.0 Å². The Balaban J connectivity index is 1.84. The average molecular weight is 422 g/mol. The Kier molecular flexibility index (Phi) is 6.31. The van der Waals surface area contributed by atoms with E-state index in [4.69, 9.17) is 4.74 Å². The van der Waals surface area contributed by atoms with E-state index in [-0.39, 0.29) is 6.42 Å². The Morgan fingerprint density at radius 2 is 1.77 bits per heavy atom. The number of rotatable bonds is 4. The number of esters is 1. The number of fused-ring (bicyclic) bond motifs is 1. The zero-order valence-corrected chi connectivity index (χ0v) is 16.3. The van der Waals surface area contributed by atoms with E-state index in [1.54, 1.807) is 26.8 Å². The molecule has 1 heterocycles. The summed E-state index contributed by atoms with van der Waals surface area (Å²) in [4.78, 5) is 39.5. The number of amides is 2. The van der Waals surface area contributed by atoms with E-state index in [1.165, 1.54) is 0 Å². The van der Waals surface area contributed by atoms with Gasteiger partial charge in [-0.15, -0.1) is 0 Å². The Bertz CT molecular complexity index is 846. The molecule has 8 heteroatoms. The lowest BCUT2D eigenvalue weighted by Crippen LogP contribution is -2.43. The second-order valence-electron chi connectivity index (χ2n) is 6.68. The smallest absolute Gasteiger partial charge is 0.315 e. The van der Waals surface area contributed by atoms with E-state index < -0.39 is 29.8 Å².